The normalized spacial score (nSPS) is 12.9. The Kier molecular flexibility index (Phi) is 5.13. The molecule has 0 aliphatic carbocycles. The van der Waals surface area contributed by atoms with E-state index in [1.807, 2.05) is 31.2 Å². The minimum atomic E-state index is -3.77. The summed E-state index contributed by atoms with van der Waals surface area (Å²) in [6.07, 6.45) is 0. The van der Waals surface area contributed by atoms with Gasteiger partial charge < -0.3 is 4.90 Å². The Hall–Kier alpha value is -2.56. The Bertz CT molecular complexity index is 1080. The minimum Gasteiger partial charge on any atom is -0.360 e. The van der Waals surface area contributed by atoms with Gasteiger partial charge in [-0.15, -0.1) is 11.3 Å². The highest BCUT2D eigenvalue weighted by atomic mass is 32.2. The highest BCUT2D eigenvalue weighted by molar-refractivity contribution is 7.89. The third kappa shape index (κ3) is 3.64. The van der Waals surface area contributed by atoms with Gasteiger partial charge >= 0.3 is 0 Å². The number of aromatic nitrogens is 1. The van der Waals surface area contributed by atoms with E-state index in [0.717, 1.165) is 21.3 Å². The number of nitrogens with one attached hydrogen (secondary N) is 1. The van der Waals surface area contributed by atoms with Gasteiger partial charge in [-0.2, -0.15) is 0 Å². The second kappa shape index (κ2) is 7.22. The summed E-state index contributed by atoms with van der Waals surface area (Å²) in [7, 11) is -0.782. The van der Waals surface area contributed by atoms with E-state index in [9.17, 15) is 18.5 Å². The molecule has 27 heavy (non-hydrogen) atoms. The minimum absolute atomic E-state index is 0.151. The number of nitro groups is 1. The van der Waals surface area contributed by atoms with Gasteiger partial charge in [-0.3, -0.25) is 10.1 Å². The number of nitrogens with zero attached hydrogens (tertiary/aromatic N) is 3. The first-order valence-corrected chi connectivity index (χ1v) is 10.3. The van der Waals surface area contributed by atoms with E-state index in [4.69, 9.17) is 0 Å². The molecule has 0 unspecified atom stereocenters. The average Bonchev–Trinajstić information content (AvgIpc) is 3.10. The van der Waals surface area contributed by atoms with Crippen LogP contribution in [0.4, 0.5) is 11.4 Å². The molecule has 0 fully saturated rings. The topological polar surface area (TPSA) is 105 Å². The molecule has 0 aliphatic rings. The lowest BCUT2D eigenvalue weighted by Gasteiger charge is -2.25. The Labute approximate surface area is 160 Å². The first-order chi connectivity index (χ1) is 12.7. The zero-order chi connectivity index (χ0) is 19.8. The Morgan fingerprint density at radius 3 is 2.59 bits per heavy atom. The highest BCUT2D eigenvalue weighted by Crippen LogP contribution is 2.36. The SMILES string of the molecule is CNS(=O)(=O)c1ccc(N(C)[C@H](C)c2nc3ccccc3s2)c([N+](=O)[O-])c1. The summed E-state index contributed by atoms with van der Waals surface area (Å²) < 4.78 is 27.1. The van der Waals surface area contributed by atoms with E-state index in [0.29, 0.717) is 5.69 Å². The van der Waals surface area contributed by atoms with Crippen molar-refractivity contribution in [2.45, 2.75) is 17.9 Å². The molecule has 0 aliphatic heterocycles. The lowest BCUT2D eigenvalue weighted by molar-refractivity contribution is -0.384. The molecule has 0 bridgehead atoms. The molecule has 3 rings (SSSR count). The molecule has 2 aromatic carbocycles. The van der Waals surface area contributed by atoms with Crippen LogP contribution in [0.3, 0.4) is 0 Å². The number of rotatable bonds is 6. The van der Waals surface area contributed by atoms with Crippen molar-refractivity contribution >= 4 is 43.0 Å². The van der Waals surface area contributed by atoms with E-state index in [-0.39, 0.29) is 16.6 Å². The van der Waals surface area contributed by atoms with Crippen molar-refractivity contribution in [3.05, 3.63) is 57.6 Å². The van der Waals surface area contributed by atoms with Gasteiger partial charge in [0.1, 0.15) is 10.7 Å². The molecular formula is C17H18N4O4S2. The highest BCUT2D eigenvalue weighted by Gasteiger charge is 2.26. The van der Waals surface area contributed by atoms with Gasteiger partial charge in [-0.1, -0.05) is 12.1 Å². The predicted octanol–water partition coefficient (Wildman–Crippen LogP) is 3.31. The van der Waals surface area contributed by atoms with Gasteiger partial charge in [0.25, 0.3) is 5.69 Å². The molecule has 0 spiro atoms. The Morgan fingerprint density at radius 2 is 1.96 bits per heavy atom. The number of thiazole rings is 1. The van der Waals surface area contributed by atoms with Crippen LogP contribution in [0.1, 0.15) is 18.0 Å². The summed E-state index contributed by atoms with van der Waals surface area (Å²) in [4.78, 5) is 17.1. The van der Waals surface area contributed by atoms with Gasteiger partial charge in [0.15, 0.2) is 0 Å². The lowest BCUT2D eigenvalue weighted by atomic mass is 10.2. The molecule has 8 nitrogen and oxygen atoms in total. The van der Waals surface area contributed by atoms with Crippen LogP contribution in [0.15, 0.2) is 47.4 Å². The first-order valence-electron chi connectivity index (χ1n) is 8.05. The largest absolute Gasteiger partial charge is 0.360 e. The average molecular weight is 406 g/mol. The van der Waals surface area contributed by atoms with Crippen molar-refractivity contribution in [2.75, 3.05) is 19.0 Å². The third-order valence-corrected chi connectivity index (χ3v) is 6.97. The summed E-state index contributed by atoms with van der Waals surface area (Å²) >= 11 is 1.53. The van der Waals surface area contributed by atoms with E-state index in [1.165, 1.54) is 30.5 Å². The number of sulfonamides is 1. The zero-order valence-electron chi connectivity index (χ0n) is 14.9. The van der Waals surface area contributed by atoms with Crippen molar-refractivity contribution < 1.29 is 13.3 Å². The van der Waals surface area contributed by atoms with Crippen molar-refractivity contribution in [3.63, 3.8) is 0 Å². The van der Waals surface area contributed by atoms with Crippen LogP contribution in [0.5, 0.6) is 0 Å². The Morgan fingerprint density at radius 1 is 1.26 bits per heavy atom. The molecule has 142 valence electrons. The molecule has 0 saturated carbocycles. The molecule has 0 amide bonds. The molecule has 0 radical (unpaired) electrons. The molecule has 1 aromatic heterocycles. The van der Waals surface area contributed by atoms with E-state index >= 15 is 0 Å². The van der Waals surface area contributed by atoms with Gasteiger partial charge in [-0.05, 0) is 38.2 Å². The smallest absolute Gasteiger partial charge is 0.293 e. The second-order valence-corrected chi connectivity index (χ2v) is 8.87. The van der Waals surface area contributed by atoms with Crippen molar-refractivity contribution in [3.8, 4) is 0 Å². The number of benzene rings is 2. The van der Waals surface area contributed by atoms with Crippen LogP contribution >= 0.6 is 11.3 Å². The summed E-state index contributed by atoms with van der Waals surface area (Å²) in [5.41, 5.74) is 0.923. The maximum Gasteiger partial charge on any atom is 0.293 e. The number of anilines is 1. The summed E-state index contributed by atoms with van der Waals surface area (Å²) in [6.45, 7) is 1.90. The molecule has 0 saturated heterocycles. The van der Waals surface area contributed by atoms with Crippen LogP contribution in [0, 0.1) is 10.1 Å². The molecule has 1 atom stereocenters. The fourth-order valence-electron chi connectivity index (χ4n) is 2.68. The Balaban J connectivity index is 2.02. The summed E-state index contributed by atoms with van der Waals surface area (Å²) in [5, 5.41) is 12.4. The van der Waals surface area contributed by atoms with Crippen molar-refractivity contribution in [2.24, 2.45) is 0 Å². The molecule has 10 heteroatoms. The van der Waals surface area contributed by atoms with Crippen LogP contribution in [-0.4, -0.2) is 32.4 Å². The fourth-order valence-corrected chi connectivity index (χ4v) is 4.49. The number of fused-ring (bicyclic) bond motifs is 1. The van der Waals surface area contributed by atoms with E-state index in [2.05, 4.69) is 9.71 Å². The second-order valence-electron chi connectivity index (χ2n) is 5.92. The third-order valence-electron chi connectivity index (χ3n) is 4.35. The molecule has 3 aromatic rings. The maximum absolute atomic E-state index is 12.0. The number of hydrogen-bond acceptors (Lipinski definition) is 7. The van der Waals surface area contributed by atoms with Crippen LogP contribution < -0.4 is 9.62 Å². The first kappa shape index (κ1) is 19.2. The lowest BCUT2D eigenvalue weighted by Crippen LogP contribution is -2.23. The monoisotopic (exact) mass is 406 g/mol. The van der Waals surface area contributed by atoms with E-state index in [1.54, 1.807) is 11.9 Å². The molecular weight excluding hydrogens is 388 g/mol. The van der Waals surface area contributed by atoms with Crippen LogP contribution in [0.2, 0.25) is 0 Å². The van der Waals surface area contributed by atoms with Gasteiger partial charge in [0.05, 0.1) is 26.1 Å². The van der Waals surface area contributed by atoms with E-state index < -0.39 is 14.9 Å². The summed E-state index contributed by atoms with van der Waals surface area (Å²) in [5.74, 6) is 0. The number of para-hydroxylation sites is 1. The van der Waals surface area contributed by atoms with Crippen LogP contribution in [-0.2, 0) is 10.0 Å². The molecule has 1 N–H and O–H groups in total. The number of nitro benzene ring substituents is 1. The van der Waals surface area contributed by atoms with Crippen molar-refractivity contribution in [1.29, 1.82) is 0 Å². The number of hydrogen-bond donors (Lipinski definition) is 1. The van der Waals surface area contributed by atoms with Crippen molar-refractivity contribution in [1.82, 2.24) is 9.71 Å². The van der Waals surface area contributed by atoms with Gasteiger partial charge in [-0.25, -0.2) is 18.1 Å². The predicted molar refractivity (Wildman–Crippen MR) is 106 cm³/mol. The fraction of sp³-hybridized carbons (Fsp3) is 0.235. The van der Waals surface area contributed by atoms with Gasteiger partial charge in [0.2, 0.25) is 10.0 Å². The standard InChI is InChI=1S/C17H18N4O4S2/c1-11(17-19-13-6-4-5-7-16(13)26-17)20(3)14-9-8-12(27(24,25)18-2)10-15(14)21(22)23/h4-11,18H,1-3H3/t11-/m1/s1. The summed E-state index contributed by atoms with van der Waals surface area (Å²) in [6, 6.07) is 11.4. The maximum atomic E-state index is 12.0. The quantitative estimate of drug-likeness (QED) is 0.497. The van der Waals surface area contributed by atoms with Gasteiger partial charge in [0, 0.05) is 13.1 Å². The molecule has 1 heterocycles. The zero-order valence-corrected chi connectivity index (χ0v) is 16.5. The van der Waals surface area contributed by atoms with Crippen LogP contribution in [0.25, 0.3) is 10.2 Å².